The summed E-state index contributed by atoms with van der Waals surface area (Å²) in [4.78, 5) is 51.3. The van der Waals surface area contributed by atoms with Gasteiger partial charge in [0.15, 0.2) is 11.6 Å². The van der Waals surface area contributed by atoms with E-state index in [0.29, 0.717) is 6.07 Å². The zero-order chi connectivity index (χ0) is 39.0. The number of aromatic nitrogens is 6. The van der Waals surface area contributed by atoms with Gasteiger partial charge in [0.25, 0.3) is 16.7 Å². The fourth-order valence-electron chi connectivity index (χ4n) is 4.97. The number of nitrogens with one attached hydrogen (secondary N) is 3. The molecular formula is C32H17BrF8N6O6. The van der Waals surface area contributed by atoms with E-state index in [0.717, 1.165) is 31.1 Å². The number of nitrogens with zero attached hydrogens (tertiary/aromatic N) is 3. The van der Waals surface area contributed by atoms with Crippen LogP contribution in [-0.4, -0.2) is 45.2 Å². The zero-order valence-electron chi connectivity index (χ0n) is 25.7. The zero-order valence-corrected chi connectivity index (χ0v) is 27.2. The lowest BCUT2D eigenvalue weighted by Crippen LogP contribution is -2.15. The smallest absolute Gasteiger partial charge is 0.418 e. The number of aromatic hydroxyl groups is 3. The Morgan fingerprint density at radius 3 is 1.66 bits per heavy atom. The topological polar surface area (TPSA) is 198 Å². The van der Waals surface area contributed by atoms with Crippen LogP contribution < -0.4 is 16.7 Å². The number of halogens is 9. The first kappa shape index (κ1) is 37.9. The highest BCUT2D eigenvalue weighted by Gasteiger charge is 2.37. The first-order chi connectivity index (χ1) is 24.8. The third kappa shape index (κ3) is 7.36. The Kier molecular flexibility index (Phi) is 10.2. The summed E-state index contributed by atoms with van der Waals surface area (Å²) in [6, 6.07) is 10.2. The second-order valence-electron chi connectivity index (χ2n) is 10.5. The summed E-state index contributed by atoms with van der Waals surface area (Å²) in [5.74, 6) is -3.98. The van der Waals surface area contributed by atoms with E-state index in [1.54, 1.807) is 18.2 Å². The molecule has 7 rings (SSSR count). The highest BCUT2D eigenvalue weighted by molar-refractivity contribution is 9.10. The molecule has 3 heterocycles. The molecule has 6 N–H and O–H groups in total. The molecule has 0 aliphatic rings. The lowest BCUT2D eigenvalue weighted by molar-refractivity contribution is -0.137. The van der Waals surface area contributed by atoms with Gasteiger partial charge in [0.05, 0.1) is 46.4 Å². The number of aromatic amines is 3. The molecular weight excluding hydrogens is 796 g/mol. The molecule has 0 saturated carbocycles. The Bertz CT molecular complexity index is 2700. The van der Waals surface area contributed by atoms with Crippen LogP contribution in [0.3, 0.4) is 0 Å². The van der Waals surface area contributed by atoms with E-state index in [9.17, 15) is 64.8 Å². The highest BCUT2D eigenvalue weighted by Crippen LogP contribution is 2.41. The summed E-state index contributed by atoms with van der Waals surface area (Å²) in [7, 11) is 0. The third-order valence-electron chi connectivity index (χ3n) is 7.22. The fourth-order valence-corrected chi connectivity index (χ4v) is 5.61. The maximum absolute atomic E-state index is 14.4. The summed E-state index contributed by atoms with van der Waals surface area (Å²) in [6.07, 6.45) is -6.54. The molecule has 53 heavy (non-hydrogen) atoms. The number of rotatable bonds is 1. The van der Waals surface area contributed by atoms with Crippen LogP contribution in [0.2, 0.25) is 0 Å². The quantitative estimate of drug-likeness (QED) is 0.0986. The van der Waals surface area contributed by atoms with Crippen molar-refractivity contribution in [3.63, 3.8) is 0 Å². The molecule has 0 radical (unpaired) electrons. The van der Waals surface area contributed by atoms with Crippen molar-refractivity contribution >= 4 is 48.6 Å². The highest BCUT2D eigenvalue weighted by atomic mass is 79.9. The summed E-state index contributed by atoms with van der Waals surface area (Å²) >= 11 is 2.68. The van der Waals surface area contributed by atoms with Crippen molar-refractivity contribution in [3.05, 3.63) is 126 Å². The van der Waals surface area contributed by atoms with Crippen molar-refractivity contribution in [3.8, 4) is 28.4 Å². The van der Waals surface area contributed by atoms with Gasteiger partial charge in [0, 0.05) is 4.47 Å². The van der Waals surface area contributed by atoms with Crippen molar-refractivity contribution in [2.24, 2.45) is 0 Å². The van der Waals surface area contributed by atoms with Crippen molar-refractivity contribution < 1.29 is 50.4 Å². The first-order valence-electron chi connectivity index (χ1n) is 14.2. The van der Waals surface area contributed by atoms with Gasteiger partial charge in [-0.05, 0) is 23.8 Å². The maximum atomic E-state index is 14.4. The molecule has 0 saturated heterocycles. The Balaban J connectivity index is 0.000000154. The van der Waals surface area contributed by atoms with Crippen molar-refractivity contribution in [2.75, 3.05) is 0 Å². The second-order valence-corrected chi connectivity index (χ2v) is 11.3. The van der Waals surface area contributed by atoms with Crippen molar-refractivity contribution in [2.45, 2.75) is 12.4 Å². The molecule has 0 unspecified atom stereocenters. The summed E-state index contributed by atoms with van der Waals surface area (Å²) < 4.78 is 104. The molecule has 0 spiro atoms. The van der Waals surface area contributed by atoms with Gasteiger partial charge in [-0.1, -0.05) is 46.3 Å². The predicted molar refractivity (Wildman–Crippen MR) is 175 cm³/mol. The lowest BCUT2D eigenvalue weighted by Gasteiger charge is -2.12. The minimum Gasteiger partial charge on any atom is -0.506 e. The van der Waals surface area contributed by atoms with Gasteiger partial charge >= 0.3 is 12.4 Å². The minimum absolute atomic E-state index is 0.225. The number of H-pyrrole nitrogens is 3. The molecule has 7 aromatic rings. The predicted octanol–water partition coefficient (Wildman–Crippen LogP) is 6.63. The molecule has 0 atom stereocenters. The van der Waals surface area contributed by atoms with Gasteiger partial charge in [-0.25, -0.2) is 23.7 Å². The second kappa shape index (κ2) is 14.3. The van der Waals surface area contributed by atoms with E-state index >= 15 is 0 Å². The van der Waals surface area contributed by atoms with E-state index in [1.807, 2.05) is 9.97 Å². The first-order valence-corrected chi connectivity index (χ1v) is 15.0. The van der Waals surface area contributed by atoms with Crippen molar-refractivity contribution in [1.82, 2.24) is 29.9 Å². The summed E-state index contributed by atoms with van der Waals surface area (Å²) in [5, 5.41) is 26.7. The standard InChI is InChI=1S/C14H8F2N2O2.C9H4BrF3N2O2.C9H5F3N2O2/c15-10-8(7-4-2-1-3-5-7)11(16)13(19)12-9(10)14(20)18-6-17-12;10-3-1-4(16)7-5(6(3)9(11,12)13)8(17)15-2-14-7;10-9(11,12)4-1-2-5(15)7-6(4)8(16)14-3-13-7/h1-6,19H,(H,17,18,20);1-2,16H,(H,14,15,17);1-3,15H,(H,13,14,16). The van der Waals surface area contributed by atoms with Crippen LogP contribution in [0.25, 0.3) is 43.8 Å². The number of alkyl halides is 6. The number of fused-ring (bicyclic) bond motifs is 3. The largest absolute Gasteiger partial charge is 0.506 e. The normalized spacial score (nSPS) is 11.6. The van der Waals surface area contributed by atoms with E-state index in [4.69, 9.17) is 0 Å². The average molecular weight is 813 g/mol. The van der Waals surface area contributed by atoms with E-state index in [1.165, 1.54) is 12.1 Å². The SMILES string of the molecule is O=c1[nH]cnc2c(O)c(F)c(-c3ccccc3)c(F)c12.O=c1[nH]cnc2c(O)cc(Br)c(C(F)(F)F)c12.O=c1[nH]cnc2c(O)ccc(C(F)(F)F)c12. The average Bonchev–Trinajstić information content (AvgIpc) is 3.08. The summed E-state index contributed by atoms with van der Waals surface area (Å²) in [5.41, 5.74) is -6.32. The van der Waals surface area contributed by atoms with Crippen LogP contribution in [0.5, 0.6) is 17.2 Å². The molecule has 4 aromatic carbocycles. The lowest BCUT2D eigenvalue weighted by atomic mass is 10.0. The van der Waals surface area contributed by atoms with Gasteiger partial charge in [0.1, 0.15) is 39.3 Å². The number of benzene rings is 4. The maximum Gasteiger partial charge on any atom is 0.418 e. The molecule has 3 aromatic heterocycles. The fraction of sp³-hybridized carbons (Fsp3) is 0.0625. The molecule has 12 nitrogen and oxygen atoms in total. The van der Waals surface area contributed by atoms with Crippen LogP contribution in [0.4, 0.5) is 35.1 Å². The Hall–Kier alpha value is -6.38. The monoisotopic (exact) mass is 812 g/mol. The summed E-state index contributed by atoms with van der Waals surface area (Å²) in [6.45, 7) is 0. The minimum atomic E-state index is -4.72. The Labute approximate surface area is 295 Å². The molecule has 0 amide bonds. The molecule has 0 bridgehead atoms. The van der Waals surface area contributed by atoms with Crippen LogP contribution in [0.1, 0.15) is 11.1 Å². The van der Waals surface area contributed by atoms with Gasteiger partial charge in [0.2, 0.25) is 0 Å². The van der Waals surface area contributed by atoms with Gasteiger partial charge in [-0.15, -0.1) is 0 Å². The van der Waals surface area contributed by atoms with Crippen LogP contribution in [0, 0.1) is 11.6 Å². The molecule has 21 heteroatoms. The third-order valence-corrected chi connectivity index (χ3v) is 7.84. The Morgan fingerprint density at radius 2 is 1.11 bits per heavy atom. The van der Waals surface area contributed by atoms with Crippen LogP contribution >= 0.6 is 15.9 Å². The molecule has 274 valence electrons. The van der Waals surface area contributed by atoms with Crippen LogP contribution in [0.15, 0.2) is 86.4 Å². The van der Waals surface area contributed by atoms with E-state index in [2.05, 4.69) is 35.9 Å². The van der Waals surface area contributed by atoms with E-state index in [-0.39, 0.29) is 16.6 Å². The number of phenols is 3. The van der Waals surface area contributed by atoms with Gasteiger partial charge < -0.3 is 30.3 Å². The van der Waals surface area contributed by atoms with Gasteiger partial charge in [-0.2, -0.15) is 26.3 Å². The number of hydrogen-bond donors (Lipinski definition) is 6. The molecule has 0 fully saturated rings. The van der Waals surface area contributed by atoms with Crippen LogP contribution in [-0.2, 0) is 12.4 Å². The number of phenolic OH excluding ortho intramolecular Hbond substituents is 3. The van der Waals surface area contributed by atoms with Gasteiger partial charge in [-0.3, -0.25) is 14.4 Å². The van der Waals surface area contributed by atoms with Crippen molar-refractivity contribution in [1.29, 1.82) is 0 Å². The number of hydrogen-bond acceptors (Lipinski definition) is 9. The molecule has 0 aliphatic carbocycles. The Morgan fingerprint density at radius 1 is 0.604 bits per heavy atom. The van der Waals surface area contributed by atoms with E-state index < -0.39 is 101 Å². The molecule has 0 aliphatic heterocycles.